The molecule has 2 rings (SSSR count). The van der Waals surface area contributed by atoms with E-state index in [2.05, 4.69) is 0 Å². The Labute approximate surface area is 152 Å². The second kappa shape index (κ2) is 8.12. The predicted octanol–water partition coefficient (Wildman–Crippen LogP) is 3.98. The summed E-state index contributed by atoms with van der Waals surface area (Å²) in [7, 11) is 0. The van der Waals surface area contributed by atoms with E-state index in [1.54, 1.807) is 17.0 Å². The number of allylic oxidation sites excluding steroid dienone is 2. The van der Waals surface area contributed by atoms with Gasteiger partial charge in [-0.2, -0.15) is 0 Å². The number of ether oxygens (including phenoxy) is 1. The van der Waals surface area contributed by atoms with Gasteiger partial charge in [-0.05, 0) is 51.7 Å². The number of benzene rings is 1. The summed E-state index contributed by atoms with van der Waals surface area (Å²) in [5.74, 6) is -0.229. The molecule has 0 spiro atoms. The number of rotatable bonds is 4. The maximum Gasteiger partial charge on any atom is 0.410 e. The summed E-state index contributed by atoms with van der Waals surface area (Å²) in [6.45, 7) is 6.60. The highest BCUT2D eigenvalue weighted by molar-refractivity contribution is 6.07. The van der Waals surface area contributed by atoms with Gasteiger partial charge in [0, 0.05) is 19.2 Å². The van der Waals surface area contributed by atoms with E-state index in [4.69, 9.17) is 4.74 Å². The number of likely N-dealkylation sites (tertiary alicyclic amines) is 1. The Morgan fingerprint density at radius 1 is 1.23 bits per heavy atom. The number of piperidine rings is 1. The first-order valence-electron chi connectivity index (χ1n) is 8.61. The molecule has 1 aromatic rings. The van der Waals surface area contributed by atoms with Crippen LogP contribution in [0.3, 0.4) is 0 Å². The lowest BCUT2D eigenvalue weighted by atomic mass is 9.95. The van der Waals surface area contributed by atoms with Crippen LogP contribution in [0, 0.1) is 16.0 Å². The molecule has 26 heavy (non-hydrogen) atoms. The zero-order chi connectivity index (χ0) is 19.3. The molecule has 1 aromatic carbocycles. The molecular weight excluding hydrogens is 336 g/mol. The maximum absolute atomic E-state index is 12.3. The van der Waals surface area contributed by atoms with E-state index < -0.39 is 10.5 Å². The minimum absolute atomic E-state index is 0.0833. The van der Waals surface area contributed by atoms with Gasteiger partial charge in [0.05, 0.1) is 10.5 Å². The van der Waals surface area contributed by atoms with Crippen LogP contribution in [-0.4, -0.2) is 40.4 Å². The minimum Gasteiger partial charge on any atom is -0.444 e. The van der Waals surface area contributed by atoms with Crippen LogP contribution in [0.1, 0.15) is 44.0 Å². The number of carbonyl (C=O) groups is 2. The molecule has 7 nitrogen and oxygen atoms in total. The van der Waals surface area contributed by atoms with Crippen LogP contribution < -0.4 is 0 Å². The predicted molar refractivity (Wildman–Crippen MR) is 97.1 cm³/mol. The molecule has 0 atom stereocenters. The maximum atomic E-state index is 12.3. The first kappa shape index (κ1) is 19.6. The van der Waals surface area contributed by atoms with Gasteiger partial charge in [0.1, 0.15) is 5.60 Å². The Morgan fingerprint density at radius 3 is 2.42 bits per heavy atom. The first-order valence-corrected chi connectivity index (χ1v) is 8.61. The summed E-state index contributed by atoms with van der Waals surface area (Å²) in [6.07, 6.45) is 4.30. The fraction of sp³-hybridized carbons (Fsp3) is 0.474. The van der Waals surface area contributed by atoms with E-state index >= 15 is 0 Å². The molecule has 0 radical (unpaired) electrons. The monoisotopic (exact) mass is 360 g/mol. The van der Waals surface area contributed by atoms with Gasteiger partial charge in [-0.25, -0.2) is 4.79 Å². The molecule has 1 heterocycles. The molecule has 0 unspecified atom stereocenters. The van der Waals surface area contributed by atoms with Crippen LogP contribution in [0.2, 0.25) is 0 Å². The number of hydrogen-bond donors (Lipinski definition) is 0. The quantitative estimate of drug-likeness (QED) is 0.351. The Balaban J connectivity index is 1.92. The number of nitrogens with zero attached hydrogens (tertiary/aromatic N) is 2. The summed E-state index contributed by atoms with van der Waals surface area (Å²) in [5.41, 5.74) is -0.633. The lowest BCUT2D eigenvalue weighted by Crippen LogP contribution is -2.41. The lowest BCUT2D eigenvalue weighted by Gasteiger charge is -2.32. The highest BCUT2D eigenvalue weighted by Gasteiger charge is 2.26. The van der Waals surface area contributed by atoms with Crippen molar-refractivity contribution in [2.75, 3.05) is 13.1 Å². The zero-order valence-electron chi connectivity index (χ0n) is 15.3. The molecule has 0 aromatic heterocycles. The zero-order valence-corrected chi connectivity index (χ0v) is 15.3. The van der Waals surface area contributed by atoms with Crippen molar-refractivity contribution in [3.63, 3.8) is 0 Å². The summed E-state index contributed by atoms with van der Waals surface area (Å²) in [5, 5.41) is 11.0. The van der Waals surface area contributed by atoms with Crippen LogP contribution in [-0.2, 0) is 4.74 Å². The van der Waals surface area contributed by atoms with Crippen molar-refractivity contribution in [1.82, 2.24) is 4.90 Å². The first-order chi connectivity index (χ1) is 12.2. The second-order valence-electron chi connectivity index (χ2n) is 7.30. The minimum atomic E-state index is -0.555. The highest BCUT2D eigenvalue weighted by Crippen LogP contribution is 2.22. The van der Waals surface area contributed by atoms with Crippen molar-refractivity contribution in [2.24, 2.45) is 5.92 Å². The molecule has 1 aliphatic heterocycles. The third kappa shape index (κ3) is 5.40. The van der Waals surface area contributed by atoms with Crippen molar-refractivity contribution in [1.29, 1.82) is 0 Å². The third-order valence-electron chi connectivity index (χ3n) is 4.08. The molecule has 1 saturated heterocycles. The molecule has 140 valence electrons. The van der Waals surface area contributed by atoms with Crippen molar-refractivity contribution in [2.45, 2.75) is 39.2 Å². The number of hydrogen-bond acceptors (Lipinski definition) is 5. The van der Waals surface area contributed by atoms with Gasteiger partial charge in [0.25, 0.3) is 5.69 Å². The van der Waals surface area contributed by atoms with E-state index in [-0.39, 0.29) is 29.0 Å². The van der Waals surface area contributed by atoms with Crippen LogP contribution in [0.15, 0.2) is 36.4 Å². The number of nitro benzene ring substituents is 1. The van der Waals surface area contributed by atoms with Gasteiger partial charge < -0.3 is 9.64 Å². The van der Waals surface area contributed by atoms with E-state index in [1.807, 2.05) is 20.8 Å². The average Bonchev–Trinajstić information content (AvgIpc) is 2.58. The number of amides is 1. The molecule has 1 aliphatic rings. The number of nitro groups is 1. The molecule has 0 N–H and O–H groups in total. The fourth-order valence-electron chi connectivity index (χ4n) is 2.76. The smallest absolute Gasteiger partial charge is 0.410 e. The largest absolute Gasteiger partial charge is 0.444 e. The Hall–Kier alpha value is -2.70. The SMILES string of the molecule is CC(C)(C)OC(=O)N1CCC(/C=C\C(=O)c2ccccc2[N+](=O)[O-])CC1. The van der Waals surface area contributed by atoms with Crippen molar-refractivity contribution < 1.29 is 19.2 Å². The highest BCUT2D eigenvalue weighted by atomic mass is 16.6. The normalized spacial score (nSPS) is 15.9. The Bertz CT molecular complexity index is 713. The van der Waals surface area contributed by atoms with Crippen molar-refractivity contribution in [3.05, 3.63) is 52.1 Å². The molecule has 1 fully saturated rings. The van der Waals surface area contributed by atoms with Crippen LogP contribution in [0.5, 0.6) is 0 Å². The van der Waals surface area contributed by atoms with Gasteiger partial charge in [-0.1, -0.05) is 18.2 Å². The fourth-order valence-corrected chi connectivity index (χ4v) is 2.76. The summed E-state index contributed by atoms with van der Waals surface area (Å²) in [4.78, 5) is 36.4. The average molecular weight is 360 g/mol. The lowest BCUT2D eigenvalue weighted by molar-refractivity contribution is -0.385. The van der Waals surface area contributed by atoms with Gasteiger partial charge in [0.15, 0.2) is 5.78 Å². The summed E-state index contributed by atoms with van der Waals surface area (Å²) in [6, 6.07) is 5.91. The molecule has 0 saturated carbocycles. The standard InChI is InChI=1S/C19H24N2O5/c1-19(2,3)26-18(23)20-12-10-14(11-13-20)8-9-17(22)15-6-4-5-7-16(15)21(24)25/h4-9,14H,10-13H2,1-3H3/b9-8-. The summed E-state index contributed by atoms with van der Waals surface area (Å²) < 4.78 is 5.36. The van der Waals surface area contributed by atoms with Crippen LogP contribution in [0.4, 0.5) is 10.5 Å². The Morgan fingerprint density at radius 2 is 1.85 bits per heavy atom. The summed E-state index contributed by atoms with van der Waals surface area (Å²) >= 11 is 0. The third-order valence-corrected chi connectivity index (χ3v) is 4.08. The second-order valence-corrected chi connectivity index (χ2v) is 7.30. The molecule has 0 bridgehead atoms. The van der Waals surface area contributed by atoms with E-state index in [0.29, 0.717) is 13.1 Å². The Kier molecular flexibility index (Phi) is 6.13. The number of ketones is 1. The number of para-hydroxylation sites is 1. The number of carbonyl (C=O) groups excluding carboxylic acids is 2. The van der Waals surface area contributed by atoms with E-state index in [0.717, 1.165) is 12.8 Å². The van der Waals surface area contributed by atoms with E-state index in [9.17, 15) is 19.7 Å². The van der Waals surface area contributed by atoms with Crippen LogP contribution >= 0.6 is 0 Å². The van der Waals surface area contributed by atoms with Gasteiger partial charge in [-0.3, -0.25) is 14.9 Å². The van der Waals surface area contributed by atoms with E-state index in [1.165, 1.54) is 24.3 Å². The molecule has 0 aliphatic carbocycles. The van der Waals surface area contributed by atoms with Crippen molar-refractivity contribution in [3.8, 4) is 0 Å². The molecule has 7 heteroatoms. The van der Waals surface area contributed by atoms with Gasteiger partial charge in [-0.15, -0.1) is 0 Å². The van der Waals surface area contributed by atoms with Gasteiger partial charge in [0.2, 0.25) is 0 Å². The molecule has 1 amide bonds. The molecular formula is C19H24N2O5. The topological polar surface area (TPSA) is 89.8 Å². The van der Waals surface area contributed by atoms with Crippen LogP contribution in [0.25, 0.3) is 0 Å². The van der Waals surface area contributed by atoms with Crippen molar-refractivity contribution >= 4 is 17.6 Å². The van der Waals surface area contributed by atoms with Gasteiger partial charge >= 0.3 is 6.09 Å².